The summed E-state index contributed by atoms with van der Waals surface area (Å²) in [7, 11) is 0.126. The average Bonchev–Trinajstić information content (AvgIpc) is 2.49. The van der Waals surface area contributed by atoms with E-state index in [1.54, 1.807) is 24.3 Å². The zero-order valence-corrected chi connectivity index (χ0v) is 13.2. The van der Waals surface area contributed by atoms with Crippen molar-refractivity contribution in [2.75, 3.05) is 29.8 Å². The number of hydrogen-bond acceptors (Lipinski definition) is 4. The van der Waals surface area contributed by atoms with E-state index in [1.807, 2.05) is 44.1 Å². The molecule has 2 aromatic rings. The Morgan fingerprint density at radius 3 is 2.19 bits per heavy atom. The Bertz CT molecular complexity index is 683. The van der Waals surface area contributed by atoms with Crippen molar-refractivity contribution >= 4 is 21.5 Å². The van der Waals surface area contributed by atoms with E-state index in [9.17, 15) is 8.42 Å². The summed E-state index contributed by atoms with van der Waals surface area (Å²) >= 11 is 0. The van der Waals surface area contributed by atoms with Crippen LogP contribution < -0.4 is 9.21 Å². The van der Waals surface area contributed by atoms with Crippen LogP contribution >= 0.6 is 0 Å². The van der Waals surface area contributed by atoms with Gasteiger partial charge in [-0.25, -0.2) is 13.4 Å². The molecule has 0 N–H and O–H groups in total. The average molecular weight is 305 g/mol. The standard InChI is InChI=1S/C15H19N3O2S/c1-4-18(13-8-6-5-7-9-13)21(19,20)14-10-11-15(16-12-14)17(2)3/h5-12H,4H2,1-3H3. The van der Waals surface area contributed by atoms with Gasteiger partial charge in [-0.3, -0.25) is 4.31 Å². The summed E-state index contributed by atoms with van der Waals surface area (Å²) in [4.78, 5) is 6.19. The van der Waals surface area contributed by atoms with Gasteiger partial charge in [-0.15, -0.1) is 0 Å². The number of pyridine rings is 1. The van der Waals surface area contributed by atoms with Crippen LogP contribution in [-0.4, -0.2) is 34.0 Å². The topological polar surface area (TPSA) is 53.5 Å². The molecule has 0 aliphatic carbocycles. The molecule has 1 heterocycles. The van der Waals surface area contributed by atoms with Gasteiger partial charge in [-0.2, -0.15) is 0 Å². The summed E-state index contributed by atoms with van der Waals surface area (Å²) in [6, 6.07) is 12.3. The van der Waals surface area contributed by atoms with Crippen LogP contribution in [0, 0.1) is 0 Å². The molecule has 5 nitrogen and oxygen atoms in total. The first-order valence-corrected chi connectivity index (χ1v) is 8.12. The lowest BCUT2D eigenvalue weighted by Gasteiger charge is -2.23. The van der Waals surface area contributed by atoms with E-state index < -0.39 is 10.0 Å². The fourth-order valence-corrected chi connectivity index (χ4v) is 3.42. The monoisotopic (exact) mass is 305 g/mol. The van der Waals surface area contributed by atoms with E-state index in [0.29, 0.717) is 12.2 Å². The Labute approximate surface area is 125 Å². The van der Waals surface area contributed by atoms with Crippen molar-refractivity contribution in [2.24, 2.45) is 0 Å². The number of sulfonamides is 1. The Morgan fingerprint density at radius 2 is 1.71 bits per heavy atom. The summed E-state index contributed by atoms with van der Waals surface area (Å²) in [6.07, 6.45) is 1.40. The number of anilines is 2. The lowest BCUT2D eigenvalue weighted by molar-refractivity contribution is 0.591. The second kappa shape index (κ2) is 6.13. The van der Waals surface area contributed by atoms with Crippen LogP contribution in [0.15, 0.2) is 53.6 Å². The molecule has 21 heavy (non-hydrogen) atoms. The molecule has 0 aliphatic rings. The van der Waals surface area contributed by atoms with Gasteiger partial charge in [-0.1, -0.05) is 18.2 Å². The van der Waals surface area contributed by atoms with Crippen LogP contribution in [0.3, 0.4) is 0 Å². The lowest BCUT2D eigenvalue weighted by atomic mass is 10.3. The van der Waals surface area contributed by atoms with E-state index in [0.717, 1.165) is 5.82 Å². The third kappa shape index (κ3) is 3.16. The van der Waals surface area contributed by atoms with E-state index >= 15 is 0 Å². The Morgan fingerprint density at radius 1 is 1.05 bits per heavy atom. The molecule has 112 valence electrons. The molecule has 0 unspecified atom stereocenters. The van der Waals surface area contributed by atoms with Crippen molar-refractivity contribution < 1.29 is 8.42 Å². The van der Waals surface area contributed by atoms with Crippen LogP contribution in [0.1, 0.15) is 6.92 Å². The Balaban J connectivity index is 2.40. The number of hydrogen-bond donors (Lipinski definition) is 0. The number of benzene rings is 1. The van der Waals surface area contributed by atoms with Crippen LogP contribution in [-0.2, 0) is 10.0 Å². The van der Waals surface area contributed by atoms with Gasteiger partial charge in [0.15, 0.2) is 0 Å². The molecule has 6 heteroatoms. The molecule has 0 bridgehead atoms. The normalized spacial score (nSPS) is 11.2. The maximum absolute atomic E-state index is 12.7. The summed E-state index contributed by atoms with van der Waals surface area (Å²) < 4.78 is 26.8. The summed E-state index contributed by atoms with van der Waals surface area (Å²) in [6.45, 7) is 2.17. The van der Waals surface area contributed by atoms with Crippen molar-refractivity contribution in [1.29, 1.82) is 0 Å². The molecule has 2 rings (SSSR count). The summed E-state index contributed by atoms with van der Waals surface area (Å²) in [5, 5.41) is 0. The van der Waals surface area contributed by atoms with Crippen LogP contribution in [0.25, 0.3) is 0 Å². The van der Waals surface area contributed by atoms with E-state index in [2.05, 4.69) is 4.98 Å². The van der Waals surface area contributed by atoms with Crippen LogP contribution in [0.5, 0.6) is 0 Å². The molecule has 0 radical (unpaired) electrons. The highest BCUT2D eigenvalue weighted by Gasteiger charge is 2.23. The van der Waals surface area contributed by atoms with E-state index in [-0.39, 0.29) is 4.90 Å². The molecule has 0 saturated carbocycles. The molecular weight excluding hydrogens is 286 g/mol. The number of nitrogens with zero attached hydrogens (tertiary/aromatic N) is 3. The minimum Gasteiger partial charge on any atom is -0.363 e. The van der Waals surface area contributed by atoms with E-state index in [1.165, 1.54) is 10.5 Å². The van der Waals surface area contributed by atoms with Gasteiger partial charge in [0.05, 0.1) is 5.69 Å². The zero-order valence-electron chi connectivity index (χ0n) is 12.4. The van der Waals surface area contributed by atoms with Gasteiger partial charge in [0.1, 0.15) is 10.7 Å². The fraction of sp³-hybridized carbons (Fsp3) is 0.267. The summed E-state index contributed by atoms with van der Waals surface area (Å²) in [5.41, 5.74) is 0.650. The van der Waals surface area contributed by atoms with Crippen LogP contribution in [0.4, 0.5) is 11.5 Å². The first-order chi connectivity index (χ1) is 9.96. The molecule has 0 spiro atoms. The molecule has 0 amide bonds. The molecule has 0 fully saturated rings. The largest absolute Gasteiger partial charge is 0.363 e. The molecule has 0 saturated heterocycles. The maximum atomic E-state index is 12.7. The second-order valence-corrected chi connectivity index (χ2v) is 6.61. The molecule has 1 aromatic heterocycles. The zero-order chi connectivity index (χ0) is 15.5. The highest BCUT2D eigenvalue weighted by Crippen LogP contribution is 2.23. The molecular formula is C15H19N3O2S. The summed E-state index contributed by atoms with van der Waals surface area (Å²) in [5.74, 6) is 0.719. The maximum Gasteiger partial charge on any atom is 0.265 e. The lowest BCUT2D eigenvalue weighted by Crippen LogP contribution is -2.30. The highest BCUT2D eigenvalue weighted by molar-refractivity contribution is 7.92. The molecule has 0 aliphatic heterocycles. The predicted molar refractivity (Wildman–Crippen MR) is 85.2 cm³/mol. The van der Waals surface area contributed by atoms with Gasteiger partial charge in [0.25, 0.3) is 10.0 Å². The number of rotatable bonds is 5. The van der Waals surface area contributed by atoms with Gasteiger partial charge in [0.2, 0.25) is 0 Å². The second-order valence-electron chi connectivity index (χ2n) is 4.75. The molecule has 0 atom stereocenters. The van der Waals surface area contributed by atoms with Gasteiger partial charge in [-0.05, 0) is 31.2 Å². The first-order valence-electron chi connectivity index (χ1n) is 6.68. The van der Waals surface area contributed by atoms with E-state index in [4.69, 9.17) is 0 Å². The van der Waals surface area contributed by atoms with Crippen molar-refractivity contribution in [1.82, 2.24) is 4.98 Å². The SMILES string of the molecule is CCN(c1ccccc1)S(=O)(=O)c1ccc(N(C)C)nc1. The Kier molecular flexibility index (Phi) is 4.47. The van der Waals surface area contributed by atoms with Gasteiger partial charge < -0.3 is 4.90 Å². The fourth-order valence-electron chi connectivity index (χ4n) is 2.00. The third-order valence-electron chi connectivity index (χ3n) is 3.10. The van der Waals surface area contributed by atoms with Gasteiger partial charge in [0, 0.05) is 26.8 Å². The van der Waals surface area contributed by atoms with Crippen molar-refractivity contribution in [2.45, 2.75) is 11.8 Å². The van der Waals surface area contributed by atoms with Crippen molar-refractivity contribution in [3.8, 4) is 0 Å². The van der Waals surface area contributed by atoms with Gasteiger partial charge >= 0.3 is 0 Å². The highest BCUT2D eigenvalue weighted by atomic mass is 32.2. The number of para-hydroxylation sites is 1. The third-order valence-corrected chi connectivity index (χ3v) is 4.98. The van der Waals surface area contributed by atoms with Crippen LogP contribution in [0.2, 0.25) is 0 Å². The smallest absolute Gasteiger partial charge is 0.265 e. The van der Waals surface area contributed by atoms with Crippen molar-refractivity contribution in [3.05, 3.63) is 48.7 Å². The molecule has 1 aromatic carbocycles. The van der Waals surface area contributed by atoms with Crippen molar-refractivity contribution in [3.63, 3.8) is 0 Å². The number of aromatic nitrogens is 1. The minimum absolute atomic E-state index is 0.193. The Hall–Kier alpha value is -2.08. The first kappa shape index (κ1) is 15.3. The quantitative estimate of drug-likeness (QED) is 0.851. The minimum atomic E-state index is -3.59. The predicted octanol–water partition coefficient (Wildman–Crippen LogP) is 2.36.